The Balaban J connectivity index is 1.86. The van der Waals surface area contributed by atoms with Gasteiger partial charge < -0.3 is 5.32 Å². The molecule has 3 aromatic rings. The summed E-state index contributed by atoms with van der Waals surface area (Å²) in [5.74, 6) is 0.887. The lowest BCUT2D eigenvalue weighted by molar-refractivity contribution is 1.14. The lowest BCUT2D eigenvalue weighted by atomic mass is 10.1. The molecule has 2 aromatic heterocycles. The van der Waals surface area contributed by atoms with E-state index in [2.05, 4.69) is 27.4 Å². The summed E-state index contributed by atoms with van der Waals surface area (Å²) in [5, 5.41) is 5.62. The molecule has 18 heavy (non-hydrogen) atoms. The van der Waals surface area contributed by atoms with Crippen molar-refractivity contribution in [3.05, 3.63) is 52.1 Å². The quantitative estimate of drug-likeness (QED) is 0.786. The molecule has 3 nitrogen and oxygen atoms in total. The Morgan fingerprint density at radius 3 is 2.89 bits per heavy atom. The molecule has 0 atom stereocenters. The number of halogens is 1. The van der Waals surface area contributed by atoms with Gasteiger partial charge in [-0.1, -0.05) is 35.9 Å². The Hall–Kier alpha value is -1.65. The zero-order valence-electron chi connectivity index (χ0n) is 9.43. The molecule has 0 fully saturated rings. The molecule has 0 bridgehead atoms. The first-order chi connectivity index (χ1) is 8.83. The van der Waals surface area contributed by atoms with Crippen molar-refractivity contribution in [1.82, 2.24) is 9.97 Å². The summed E-state index contributed by atoms with van der Waals surface area (Å²) in [6.45, 7) is 0.686. The minimum Gasteiger partial charge on any atom is -0.365 e. The van der Waals surface area contributed by atoms with Crippen molar-refractivity contribution in [1.29, 1.82) is 0 Å². The molecule has 0 saturated heterocycles. The fourth-order valence-electron chi connectivity index (χ4n) is 1.80. The summed E-state index contributed by atoms with van der Waals surface area (Å²) in [6.07, 6.45) is 3.59. The molecule has 2 heterocycles. The van der Waals surface area contributed by atoms with Crippen LogP contribution in [0.5, 0.6) is 0 Å². The van der Waals surface area contributed by atoms with Crippen LogP contribution in [0.25, 0.3) is 10.8 Å². The molecule has 5 heteroatoms. The largest absolute Gasteiger partial charge is 0.365 e. The van der Waals surface area contributed by atoms with E-state index in [1.165, 1.54) is 16.7 Å². The van der Waals surface area contributed by atoms with E-state index in [9.17, 15) is 0 Å². The molecular formula is C13H10ClN3S. The summed E-state index contributed by atoms with van der Waals surface area (Å²) >= 11 is 7.28. The van der Waals surface area contributed by atoms with Crippen molar-refractivity contribution in [3.8, 4) is 0 Å². The fraction of sp³-hybridized carbons (Fsp3) is 0.0769. The van der Waals surface area contributed by atoms with Crippen LogP contribution in [0.4, 0.5) is 5.82 Å². The third-order valence-electron chi connectivity index (χ3n) is 2.63. The van der Waals surface area contributed by atoms with Gasteiger partial charge in [0.15, 0.2) is 4.47 Å². The SMILES string of the molecule is Clc1ncc(CNc2nccc3ccccc23)s1. The van der Waals surface area contributed by atoms with Gasteiger partial charge in [0.1, 0.15) is 5.82 Å². The van der Waals surface area contributed by atoms with E-state index in [0.717, 1.165) is 16.1 Å². The van der Waals surface area contributed by atoms with Crippen LogP contribution in [0.3, 0.4) is 0 Å². The van der Waals surface area contributed by atoms with E-state index in [0.29, 0.717) is 11.0 Å². The molecule has 0 unspecified atom stereocenters. The number of aromatic nitrogens is 2. The highest BCUT2D eigenvalue weighted by molar-refractivity contribution is 7.15. The Kier molecular flexibility index (Phi) is 3.13. The first kappa shape index (κ1) is 11.4. The Bertz CT molecular complexity index is 675. The van der Waals surface area contributed by atoms with Gasteiger partial charge >= 0.3 is 0 Å². The predicted molar refractivity (Wildman–Crippen MR) is 76.2 cm³/mol. The molecule has 0 aliphatic rings. The number of benzene rings is 1. The maximum absolute atomic E-state index is 5.80. The lowest BCUT2D eigenvalue weighted by Crippen LogP contribution is -2.00. The molecule has 0 aliphatic heterocycles. The predicted octanol–water partition coefficient (Wildman–Crippen LogP) is 3.96. The van der Waals surface area contributed by atoms with Gasteiger partial charge in [-0.2, -0.15) is 0 Å². The number of hydrogen-bond donors (Lipinski definition) is 1. The number of thiazole rings is 1. The van der Waals surface area contributed by atoms with Crippen LogP contribution in [0.2, 0.25) is 4.47 Å². The third-order valence-corrected chi connectivity index (χ3v) is 3.74. The zero-order valence-corrected chi connectivity index (χ0v) is 11.0. The summed E-state index contributed by atoms with van der Waals surface area (Å²) in [5.41, 5.74) is 0. The number of nitrogens with one attached hydrogen (secondary N) is 1. The van der Waals surface area contributed by atoms with Gasteiger partial charge in [-0.05, 0) is 11.5 Å². The van der Waals surface area contributed by atoms with Crippen molar-refractivity contribution >= 4 is 39.5 Å². The van der Waals surface area contributed by atoms with E-state index in [-0.39, 0.29) is 0 Å². The van der Waals surface area contributed by atoms with Crippen LogP contribution in [-0.2, 0) is 6.54 Å². The van der Waals surface area contributed by atoms with Crippen LogP contribution < -0.4 is 5.32 Å². The van der Waals surface area contributed by atoms with Crippen molar-refractivity contribution < 1.29 is 0 Å². The van der Waals surface area contributed by atoms with E-state index < -0.39 is 0 Å². The smallest absolute Gasteiger partial charge is 0.183 e. The van der Waals surface area contributed by atoms with Crippen molar-refractivity contribution in [3.63, 3.8) is 0 Å². The second kappa shape index (κ2) is 4.92. The monoisotopic (exact) mass is 275 g/mol. The summed E-state index contributed by atoms with van der Waals surface area (Å²) in [6, 6.07) is 10.2. The maximum atomic E-state index is 5.80. The number of rotatable bonds is 3. The van der Waals surface area contributed by atoms with Crippen LogP contribution in [0.15, 0.2) is 42.7 Å². The summed E-state index contributed by atoms with van der Waals surface area (Å²) < 4.78 is 0.567. The van der Waals surface area contributed by atoms with Gasteiger partial charge in [-0.15, -0.1) is 11.3 Å². The lowest BCUT2D eigenvalue weighted by Gasteiger charge is -2.07. The molecule has 1 aromatic carbocycles. The van der Waals surface area contributed by atoms with E-state index in [1.807, 2.05) is 24.4 Å². The Morgan fingerprint density at radius 1 is 1.17 bits per heavy atom. The zero-order chi connectivity index (χ0) is 12.4. The van der Waals surface area contributed by atoms with Gasteiger partial charge in [0, 0.05) is 22.7 Å². The highest BCUT2D eigenvalue weighted by atomic mass is 35.5. The molecule has 0 radical (unpaired) electrons. The first-order valence-electron chi connectivity index (χ1n) is 5.51. The van der Waals surface area contributed by atoms with Crippen LogP contribution >= 0.6 is 22.9 Å². The number of nitrogens with zero attached hydrogens (tertiary/aromatic N) is 2. The topological polar surface area (TPSA) is 37.8 Å². The van der Waals surface area contributed by atoms with Gasteiger partial charge in [0.05, 0.1) is 6.54 Å². The standard InChI is InChI=1S/C13H10ClN3S/c14-13-17-8-10(18-13)7-16-12-11-4-2-1-3-9(11)5-6-15-12/h1-6,8H,7H2,(H,15,16). The van der Waals surface area contributed by atoms with Gasteiger partial charge in [-0.25, -0.2) is 9.97 Å². The Morgan fingerprint density at radius 2 is 2.06 bits per heavy atom. The van der Waals surface area contributed by atoms with Gasteiger partial charge in [-0.3, -0.25) is 0 Å². The van der Waals surface area contributed by atoms with Gasteiger partial charge in [0.2, 0.25) is 0 Å². The van der Waals surface area contributed by atoms with Crippen LogP contribution in [0.1, 0.15) is 4.88 Å². The van der Waals surface area contributed by atoms with Crippen molar-refractivity contribution in [2.45, 2.75) is 6.54 Å². The van der Waals surface area contributed by atoms with Gasteiger partial charge in [0.25, 0.3) is 0 Å². The maximum Gasteiger partial charge on any atom is 0.183 e. The number of anilines is 1. The molecule has 3 rings (SSSR count). The van der Waals surface area contributed by atoms with Crippen LogP contribution in [-0.4, -0.2) is 9.97 Å². The van der Waals surface area contributed by atoms with Crippen LogP contribution in [0, 0.1) is 0 Å². The number of pyridine rings is 1. The molecule has 0 saturated carbocycles. The summed E-state index contributed by atoms with van der Waals surface area (Å²) in [4.78, 5) is 9.48. The van der Waals surface area contributed by atoms with Crippen molar-refractivity contribution in [2.75, 3.05) is 5.32 Å². The number of hydrogen-bond acceptors (Lipinski definition) is 4. The number of fused-ring (bicyclic) bond motifs is 1. The molecule has 0 aliphatic carbocycles. The second-order valence-corrected chi connectivity index (χ2v) is 5.51. The normalized spacial score (nSPS) is 10.7. The molecule has 90 valence electrons. The minimum absolute atomic E-state index is 0.567. The average Bonchev–Trinajstić information content (AvgIpc) is 2.82. The highest BCUT2D eigenvalue weighted by Crippen LogP contribution is 2.22. The first-order valence-corrected chi connectivity index (χ1v) is 6.70. The Labute approximate surface area is 113 Å². The van der Waals surface area contributed by atoms with Crippen molar-refractivity contribution in [2.24, 2.45) is 0 Å². The second-order valence-electron chi connectivity index (χ2n) is 3.81. The summed E-state index contributed by atoms with van der Waals surface area (Å²) in [7, 11) is 0. The molecule has 0 amide bonds. The minimum atomic E-state index is 0.567. The third kappa shape index (κ3) is 2.30. The van der Waals surface area contributed by atoms with E-state index in [1.54, 1.807) is 6.20 Å². The highest BCUT2D eigenvalue weighted by Gasteiger charge is 2.03. The molecular weight excluding hydrogens is 266 g/mol. The fourth-order valence-corrected chi connectivity index (χ4v) is 2.71. The molecule has 1 N–H and O–H groups in total. The van der Waals surface area contributed by atoms with E-state index in [4.69, 9.17) is 11.6 Å². The van der Waals surface area contributed by atoms with E-state index >= 15 is 0 Å². The average molecular weight is 276 g/mol. The molecule has 0 spiro atoms.